The largest absolute Gasteiger partial charge is 0.505 e. The molecule has 1 aliphatic rings. The van der Waals surface area contributed by atoms with E-state index in [0.29, 0.717) is 18.5 Å². The van der Waals surface area contributed by atoms with Gasteiger partial charge in [0.1, 0.15) is 16.9 Å². The Bertz CT molecular complexity index is 1180. The lowest BCUT2D eigenvalue weighted by atomic mass is 10.1. The number of rotatable bonds is 7. The molecule has 1 saturated heterocycles. The van der Waals surface area contributed by atoms with Crippen LogP contribution >= 0.6 is 0 Å². The second-order valence-corrected chi connectivity index (χ2v) is 8.26. The Morgan fingerprint density at radius 2 is 1.91 bits per heavy atom. The van der Waals surface area contributed by atoms with E-state index in [2.05, 4.69) is 15.2 Å². The smallest absolute Gasteiger partial charge is 0.267 e. The van der Waals surface area contributed by atoms with Gasteiger partial charge >= 0.3 is 0 Å². The lowest BCUT2D eigenvalue weighted by Gasteiger charge is -2.15. The summed E-state index contributed by atoms with van der Waals surface area (Å²) in [6.45, 7) is 3.52. The van der Waals surface area contributed by atoms with E-state index in [1.165, 1.54) is 29.5 Å². The molecule has 4 rings (SSSR count). The second kappa shape index (κ2) is 9.48. The second-order valence-electron chi connectivity index (χ2n) is 8.26. The third-order valence-corrected chi connectivity index (χ3v) is 5.95. The molecule has 3 aromatic rings. The molecule has 32 heavy (non-hydrogen) atoms. The molecule has 0 unspecified atom stereocenters. The third-order valence-electron chi connectivity index (χ3n) is 5.95. The number of aryl methyl sites for hydroxylation is 1. The Morgan fingerprint density at radius 1 is 1.19 bits per heavy atom. The van der Waals surface area contributed by atoms with Crippen LogP contribution in [0.25, 0.3) is 11.0 Å². The fourth-order valence-corrected chi connectivity index (χ4v) is 4.17. The summed E-state index contributed by atoms with van der Waals surface area (Å²) in [4.78, 5) is 32.2. The molecule has 0 aliphatic carbocycles. The van der Waals surface area contributed by atoms with E-state index >= 15 is 0 Å². The van der Waals surface area contributed by atoms with Crippen molar-refractivity contribution in [3.63, 3.8) is 0 Å². The van der Waals surface area contributed by atoms with Gasteiger partial charge in [0.2, 0.25) is 0 Å². The standard InChI is InChI=1S/C24H27FN4O3/c1-28-19-14-17(13-16-5-7-18(25)8-6-16)15-27-21(19)22(30)20(24(28)32)23(31)26-9-4-12-29-10-2-3-11-29/h5-8,14-15,30H,2-4,9-13H2,1H3,(H,26,31). The number of pyridine rings is 2. The summed E-state index contributed by atoms with van der Waals surface area (Å²) < 4.78 is 14.5. The number of amides is 1. The Morgan fingerprint density at radius 3 is 2.62 bits per heavy atom. The molecule has 1 aromatic carbocycles. The Balaban J connectivity index is 1.53. The van der Waals surface area contributed by atoms with Crippen molar-refractivity contribution in [2.24, 2.45) is 7.05 Å². The lowest BCUT2D eigenvalue weighted by Crippen LogP contribution is -2.34. The molecule has 1 fully saturated rings. The fourth-order valence-electron chi connectivity index (χ4n) is 4.17. The van der Waals surface area contributed by atoms with Crippen LogP contribution in [-0.2, 0) is 13.5 Å². The quantitative estimate of drug-likeness (QED) is 0.554. The van der Waals surface area contributed by atoms with Gasteiger partial charge in [-0.1, -0.05) is 12.1 Å². The first-order valence-electron chi connectivity index (χ1n) is 10.9. The topological polar surface area (TPSA) is 87.5 Å². The number of carbonyl (C=O) groups is 1. The van der Waals surface area contributed by atoms with Gasteiger partial charge in [0.05, 0.1) is 5.52 Å². The average molecular weight is 439 g/mol. The van der Waals surface area contributed by atoms with E-state index in [1.807, 2.05) is 0 Å². The summed E-state index contributed by atoms with van der Waals surface area (Å²) >= 11 is 0. The number of benzene rings is 1. The van der Waals surface area contributed by atoms with E-state index in [4.69, 9.17) is 0 Å². The molecule has 0 bridgehead atoms. The normalized spacial score (nSPS) is 14.2. The van der Waals surface area contributed by atoms with Crippen molar-refractivity contribution in [1.29, 1.82) is 0 Å². The third kappa shape index (κ3) is 4.65. The Hall–Kier alpha value is -3.26. The number of nitrogens with one attached hydrogen (secondary N) is 1. The number of nitrogens with zero attached hydrogens (tertiary/aromatic N) is 3. The number of aromatic nitrogens is 2. The van der Waals surface area contributed by atoms with Crippen LogP contribution < -0.4 is 10.9 Å². The molecule has 168 valence electrons. The van der Waals surface area contributed by atoms with Crippen molar-refractivity contribution in [3.8, 4) is 5.75 Å². The Labute approximate surface area is 185 Å². The van der Waals surface area contributed by atoms with Gasteiger partial charge in [-0.15, -0.1) is 0 Å². The SMILES string of the molecule is Cn1c(=O)c(C(=O)NCCCN2CCCC2)c(O)c2ncc(Cc3ccc(F)cc3)cc21. The number of hydrogen-bond donors (Lipinski definition) is 2. The van der Waals surface area contributed by atoms with Crippen molar-refractivity contribution >= 4 is 16.9 Å². The predicted molar refractivity (Wildman–Crippen MR) is 120 cm³/mol. The molecule has 7 nitrogen and oxygen atoms in total. The van der Waals surface area contributed by atoms with Gasteiger partial charge in [-0.2, -0.15) is 0 Å². The first kappa shape index (κ1) is 22.0. The highest BCUT2D eigenvalue weighted by Crippen LogP contribution is 2.25. The van der Waals surface area contributed by atoms with E-state index in [-0.39, 0.29) is 16.9 Å². The fraction of sp³-hybridized carbons (Fsp3) is 0.375. The molecule has 0 saturated carbocycles. The van der Waals surface area contributed by atoms with Gasteiger partial charge in [-0.05, 0) is 74.6 Å². The van der Waals surface area contributed by atoms with Crippen molar-refractivity contribution < 1.29 is 14.3 Å². The summed E-state index contributed by atoms with van der Waals surface area (Å²) in [6, 6.07) is 7.91. The van der Waals surface area contributed by atoms with Gasteiger partial charge in [0.15, 0.2) is 5.75 Å². The molecular formula is C24H27FN4O3. The lowest BCUT2D eigenvalue weighted by molar-refractivity contribution is 0.0947. The van der Waals surface area contributed by atoms with E-state index in [0.717, 1.165) is 37.2 Å². The maximum absolute atomic E-state index is 13.1. The first-order valence-corrected chi connectivity index (χ1v) is 10.9. The van der Waals surface area contributed by atoms with Gasteiger partial charge in [0.25, 0.3) is 11.5 Å². The van der Waals surface area contributed by atoms with E-state index < -0.39 is 17.2 Å². The van der Waals surface area contributed by atoms with Crippen molar-refractivity contribution in [2.75, 3.05) is 26.2 Å². The minimum atomic E-state index is -0.594. The molecule has 3 heterocycles. The van der Waals surface area contributed by atoms with Crippen molar-refractivity contribution in [3.05, 3.63) is 69.4 Å². The van der Waals surface area contributed by atoms with Crippen LogP contribution in [0.1, 0.15) is 40.7 Å². The van der Waals surface area contributed by atoms with Crippen LogP contribution in [0.5, 0.6) is 5.75 Å². The van der Waals surface area contributed by atoms with Crippen LogP contribution in [0.15, 0.2) is 41.3 Å². The van der Waals surface area contributed by atoms with Gasteiger partial charge in [0, 0.05) is 19.8 Å². The first-order chi connectivity index (χ1) is 15.4. The number of aromatic hydroxyl groups is 1. The highest BCUT2D eigenvalue weighted by Gasteiger charge is 2.22. The number of halogens is 1. The minimum absolute atomic E-state index is 0.192. The number of hydrogen-bond acceptors (Lipinski definition) is 5. The monoisotopic (exact) mass is 438 g/mol. The summed E-state index contributed by atoms with van der Waals surface area (Å²) in [7, 11) is 1.55. The zero-order chi connectivity index (χ0) is 22.7. The summed E-state index contributed by atoms with van der Waals surface area (Å²) in [5.41, 5.74) is 1.45. The maximum Gasteiger partial charge on any atom is 0.267 e. The van der Waals surface area contributed by atoms with Gasteiger partial charge in [-0.3, -0.25) is 14.6 Å². The minimum Gasteiger partial charge on any atom is -0.505 e. The van der Waals surface area contributed by atoms with Crippen molar-refractivity contribution in [2.45, 2.75) is 25.7 Å². The molecule has 0 radical (unpaired) electrons. The molecule has 8 heteroatoms. The summed E-state index contributed by atoms with van der Waals surface area (Å²) in [6.07, 6.45) is 5.30. The zero-order valence-electron chi connectivity index (χ0n) is 18.1. The molecular weight excluding hydrogens is 411 g/mol. The highest BCUT2D eigenvalue weighted by atomic mass is 19.1. The predicted octanol–water partition coefficient (Wildman–Crippen LogP) is 2.58. The van der Waals surface area contributed by atoms with Crippen LogP contribution in [0.3, 0.4) is 0 Å². The molecule has 2 N–H and O–H groups in total. The van der Waals surface area contributed by atoms with E-state index in [1.54, 1.807) is 31.4 Å². The van der Waals surface area contributed by atoms with Gasteiger partial charge < -0.3 is 19.9 Å². The summed E-state index contributed by atoms with van der Waals surface area (Å²) in [5, 5.41) is 13.4. The number of likely N-dealkylation sites (tertiary alicyclic amines) is 1. The highest BCUT2D eigenvalue weighted by molar-refractivity contribution is 6.01. The van der Waals surface area contributed by atoms with Crippen LogP contribution in [-0.4, -0.2) is 51.6 Å². The van der Waals surface area contributed by atoms with E-state index in [9.17, 15) is 19.1 Å². The molecule has 2 aromatic heterocycles. The Kier molecular flexibility index (Phi) is 6.50. The maximum atomic E-state index is 13.1. The zero-order valence-corrected chi connectivity index (χ0v) is 18.1. The van der Waals surface area contributed by atoms with Crippen LogP contribution in [0, 0.1) is 5.82 Å². The molecule has 1 amide bonds. The molecule has 0 spiro atoms. The average Bonchev–Trinajstić information content (AvgIpc) is 3.30. The summed E-state index contributed by atoms with van der Waals surface area (Å²) in [5.74, 6) is -1.31. The molecule has 1 aliphatic heterocycles. The van der Waals surface area contributed by atoms with Gasteiger partial charge in [-0.25, -0.2) is 4.39 Å². The number of carbonyl (C=O) groups excluding carboxylic acids is 1. The van der Waals surface area contributed by atoms with Crippen LogP contribution in [0.4, 0.5) is 4.39 Å². The van der Waals surface area contributed by atoms with Crippen LogP contribution in [0.2, 0.25) is 0 Å². The van der Waals surface area contributed by atoms with Crippen molar-refractivity contribution in [1.82, 2.24) is 19.8 Å². The molecule has 0 atom stereocenters. The number of fused-ring (bicyclic) bond motifs is 1.